The van der Waals surface area contributed by atoms with Crippen LogP contribution in [-0.2, 0) is 19.1 Å². The predicted octanol–water partition coefficient (Wildman–Crippen LogP) is 1.44. The van der Waals surface area contributed by atoms with Gasteiger partial charge in [0.2, 0.25) is 0 Å². The van der Waals surface area contributed by atoms with Crippen molar-refractivity contribution in [1.29, 1.82) is 0 Å². The van der Waals surface area contributed by atoms with Crippen LogP contribution >= 0.6 is 0 Å². The molecule has 1 heterocycles. The largest absolute Gasteiger partial charge is 0.478 e. The maximum Gasteiger partial charge on any atom is 0.337 e. The Labute approximate surface area is 105 Å². The lowest BCUT2D eigenvalue weighted by atomic mass is 10.1. The number of esters is 1. The molecule has 0 bridgehead atoms. The van der Waals surface area contributed by atoms with Gasteiger partial charge in [-0.15, -0.1) is 0 Å². The van der Waals surface area contributed by atoms with Gasteiger partial charge in [-0.1, -0.05) is 6.58 Å². The summed E-state index contributed by atoms with van der Waals surface area (Å²) in [6, 6.07) is 0. The molecule has 0 aromatic carbocycles. The topological polar surface area (TPSA) is 76.1 Å². The minimum absolute atomic E-state index is 0.00390. The van der Waals surface area contributed by atoms with Crippen molar-refractivity contribution in [3.63, 3.8) is 0 Å². The third-order valence-corrected chi connectivity index (χ3v) is 2.82. The van der Waals surface area contributed by atoms with Gasteiger partial charge in [-0.2, -0.15) is 0 Å². The number of epoxide rings is 1. The van der Waals surface area contributed by atoms with E-state index in [0.29, 0.717) is 19.4 Å². The number of carboxylic acid groups (broad SMARTS) is 1. The molecule has 5 nitrogen and oxygen atoms in total. The Bertz CT molecular complexity index is 402. The van der Waals surface area contributed by atoms with Crippen molar-refractivity contribution >= 4 is 11.9 Å². The van der Waals surface area contributed by atoms with Gasteiger partial charge < -0.3 is 14.6 Å². The van der Waals surface area contributed by atoms with Crippen LogP contribution in [0.15, 0.2) is 23.8 Å². The number of carbonyl (C=O) groups excluding carboxylic acids is 1. The first-order valence-corrected chi connectivity index (χ1v) is 6.01. The SMILES string of the molecule is C=C(C=C(CCC1CO1)C(=O)O)C(=O)OC1CC1. The fraction of sp³-hybridized carbons (Fsp3) is 0.538. The molecule has 2 fully saturated rings. The van der Waals surface area contributed by atoms with E-state index < -0.39 is 11.9 Å². The van der Waals surface area contributed by atoms with E-state index in [2.05, 4.69) is 6.58 Å². The number of carbonyl (C=O) groups is 2. The second kappa shape index (κ2) is 5.35. The molecule has 2 aliphatic rings. The summed E-state index contributed by atoms with van der Waals surface area (Å²) in [5, 5.41) is 9.03. The van der Waals surface area contributed by atoms with Gasteiger partial charge in [0.05, 0.1) is 18.3 Å². The summed E-state index contributed by atoms with van der Waals surface area (Å²) < 4.78 is 10.1. The molecule has 0 radical (unpaired) electrons. The normalized spacial score (nSPS) is 22.4. The number of hydrogen-bond acceptors (Lipinski definition) is 4. The van der Waals surface area contributed by atoms with E-state index >= 15 is 0 Å². The van der Waals surface area contributed by atoms with Crippen LogP contribution in [0.3, 0.4) is 0 Å². The molecule has 0 amide bonds. The van der Waals surface area contributed by atoms with E-state index in [0.717, 1.165) is 12.8 Å². The van der Waals surface area contributed by atoms with Crippen molar-refractivity contribution in [2.24, 2.45) is 0 Å². The molecule has 0 aromatic heterocycles. The minimum atomic E-state index is -1.03. The van der Waals surface area contributed by atoms with Crippen LogP contribution in [0, 0.1) is 0 Å². The van der Waals surface area contributed by atoms with Crippen LogP contribution in [0.5, 0.6) is 0 Å². The van der Waals surface area contributed by atoms with E-state index in [4.69, 9.17) is 14.6 Å². The third kappa shape index (κ3) is 4.00. The van der Waals surface area contributed by atoms with Gasteiger partial charge in [0.15, 0.2) is 0 Å². The summed E-state index contributed by atoms with van der Waals surface area (Å²) in [5.41, 5.74) is 0.263. The van der Waals surface area contributed by atoms with E-state index in [1.165, 1.54) is 6.08 Å². The fourth-order valence-electron chi connectivity index (χ4n) is 1.47. The van der Waals surface area contributed by atoms with E-state index in [9.17, 15) is 9.59 Å². The first-order valence-electron chi connectivity index (χ1n) is 6.01. The molecule has 1 saturated heterocycles. The molecule has 5 heteroatoms. The molecule has 98 valence electrons. The van der Waals surface area contributed by atoms with E-state index in [1.807, 2.05) is 0 Å². The number of aliphatic carboxylic acids is 1. The average Bonchev–Trinajstić information content (AvgIpc) is 3.16. The Morgan fingerprint density at radius 2 is 2.11 bits per heavy atom. The maximum absolute atomic E-state index is 11.5. The standard InChI is InChI=1S/C13H16O5/c1-8(13(16)18-10-4-5-10)6-9(12(14)15)2-3-11-7-17-11/h6,10-11H,1-5,7H2,(H,14,15). The van der Waals surface area contributed by atoms with Gasteiger partial charge in [0.1, 0.15) is 6.10 Å². The van der Waals surface area contributed by atoms with Crippen molar-refractivity contribution in [2.75, 3.05) is 6.61 Å². The van der Waals surface area contributed by atoms with Crippen molar-refractivity contribution in [3.05, 3.63) is 23.8 Å². The smallest absolute Gasteiger partial charge is 0.337 e. The van der Waals surface area contributed by atoms with Gasteiger partial charge in [0, 0.05) is 5.57 Å². The molecule has 1 aliphatic heterocycles. The van der Waals surface area contributed by atoms with Gasteiger partial charge in [0.25, 0.3) is 0 Å². The molecule has 0 aromatic rings. The van der Waals surface area contributed by atoms with Crippen LogP contribution in [0.4, 0.5) is 0 Å². The number of hydrogen-bond donors (Lipinski definition) is 1. The van der Waals surface area contributed by atoms with Gasteiger partial charge in [-0.3, -0.25) is 0 Å². The maximum atomic E-state index is 11.5. The van der Waals surface area contributed by atoms with Crippen LogP contribution in [0.2, 0.25) is 0 Å². The Morgan fingerprint density at radius 1 is 1.44 bits per heavy atom. The Hall–Kier alpha value is -1.62. The molecule has 1 N–H and O–H groups in total. The van der Waals surface area contributed by atoms with E-state index in [1.54, 1.807) is 0 Å². The molecule has 1 saturated carbocycles. The molecular weight excluding hydrogens is 236 g/mol. The lowest BCUT2D eigenvalue weighted by molar-refractivity contribution is -0.139. The zero-order chi connectivity index (χ0) is 13.1. The summed E-state index contributed by atoms with van der Waals surface area (Å²) in [4.78, 5) is 22.5. The first-order chi connectivity index (χ1) is 8.56. The Morgan fingerprint density at radius 3 is 2.61 bits per heavy atom. The highest BCUT2D eigenvalue weighted by atomic mass is 16.6. The average molecular weight is 252 g/mol. The van der Waals surface area contributed by atoms with Gasteiger partial charge in [-0.05, 0) is 31.8 Å². The van der Waals surface area contributed by atoms with Crippen LogP contribution in [0.25, 0.3) is 0 Å². The highest BCUT2D eigenvalue weighted by molar-refractivity contribution is 5.95. The summed E-state index contributed by atoms with van der Waals surface area (Å²) >= 11 is 0. The summed E-state index contributed by atoms with van der Waals surface area (Å²) in [6.07, 6.45) is 4.25. The Kier molecular flexibility index (Phi) is 3.81. The molecular formula is C13H16O5. The van der Waals surface area contributed by atoms with Crippen molar-refractivity contribution in [1.82, 2.24) is 0 Å². The monoisotopic (exact) mass is 252 g/mol. The number of carboxylic acids is 1. The predicted molar refractivity (Wildman–Crippen MR) is 62.9 cm³/mol. The second-order valence-electron chi connectivity index (χ2n) is 4.60. The zero-order valence-corrected chi connectivity index (χ0v) is 10.1. The lowest BCUT2D eigenvalue weighted by Gasteiger charge is -2.04. The van der Waals surface area contributed by atoms with Crippen molar-refractivity contribution in [3.8, 4) is 0 Å². The summed E-state index contributed by atoms with van der Waals surface area (Å²) in [5.74, 6) is -1.56. The molecule has 18 heavy (non-hydrogen) atoms. The number of ether oxygens (including phenoxy) is 2. The molecule has 1 aliphatic carbocycles. The molecule has 1 atom stereocenters. The highest BCUT2D eigenvalue weighted by Gasteiger charge is 2.27. The molecule has 1 unspecified atom stereocenters. The second-order valence-corrected chi connectivity index (χ2v) is 4.60. The van der Waals surface area contributed by atoms with Crippen LogP contribution < -0.4 is 0 Å². The molecule has 0 spiro atoms. The zero-order valence-electron chi connectivity index (χ0n) is 10.1. The minimum Gasteiger partial charge on any atom is -0.478 e. The van der Waals surface area contributed by atoms with Gasteiger partial charge >= 0.3 is 11.9 Å². The third-order valence-electron chi connectivity index (χ3n) is 2.82. The quantitative estimate of drug-likeness (QED) is 0.321. The van der Waals surface area contributed by atoms with Crippen molar-refractivity contribution in [2.45, 2.75) is 37.9 Å². The Balaban J connectivity index is 1.89. The fourth-order valence-corrected chi connectivity index (χ4v) is 1.47. The summed E-state index contributed by atoms with van der Waals surface area (Å²) in [7, 11) is 0. The van der Waals surface area contributed by atoms with Crippen molar-refractivity contribution < 1.29 is 24.2 Å². The first kappa shape index (κ1) is 12.8. The molecule has 2 rings (SSSR count). The van der Waals surface area contributed by atoms with E-state index in [-0.39, 0.29) is 23.4 Å². The van der Waals surface area contributed by atoms with Crippen LogP contribution in [0.1, 0.15) is 25.7 Å². The van der Waals surface area contributed by atoms with Gasteiger partial charge in [-0.25, -0.2) is 9.59 Å². The van der Waals surface area contributed by atoms with Crippen LogP contribution in [-0.4, -0.2) is 35.9 Å². The number of rotatable bonds is 7. The lowest BCUT2D eigenvalue weighted by Crippen LogP contribution is -2.09. The summed E-state index contributed by atoms with van der Waals surface area (Å²) in [6.45, 7) is 4.25. The highest BCUT2D eigenvalue weighted by Crippen LogP contribution is 2.25.